The second kappa shape index (κ2) is 204. The van der Waals surface area contributed by atoms with Gasteiger partial charge in [0.15, 0.2) is 0 Å². The van der Waals surface area contributed by atoms with E-state index in [0.29, 0.717) is 0 Å². The summed E-state index contributed by atoms with van der Waals surface area (Å²) >= 11 is 0. The van der Waals surface area contributed by atoms with Gasteiger partial charge in [-0.15, -0.1) is 0 Å². The van der Waals surface area contributed by atoms with Crippen LogP contribution in [0.3, 0.4) is 0 Å². The van der Waals surface area contributed by atoms with Crippen LogP contribution >= 0.6 is 0 Å². The fourth-order valence-corrected chi connectivity index (χ4v) is 0. The van der Waals surface area contributed by atoms with Crippen LogP contribution in [-0.2, 0) is 133 Å². The molecule has 0 amide bonds. The molecule has 0 aromatic carbocycles. The van der Waals surface area contributed by atoms with Crippen LogP contribution in [0.25, 0.3) is 0 Å². The molecule has 6 radical (unpaired) electrons. The van der Waals surface area contributed by atoms with E-state index in [-0.39, 0.29) is 133 Å². The predicted molar refractivity (Wildman–Crippen MR) is 3.43 cm³/mol. The average Bonchev–Trinajstić information content (AvgIpc) is 0. The van der Waals surface area contributed by atoms with Crippen LogP contribution in [0.1, 0.15) is 0 Å². The largest absolute Gasteiger partial charge is 2.00 e. The molecular weight excluding hydrogens is 419 g/mol. The molecule has 0 aromatic heterocycles. The second-order valence-corrected chi connectivity index (χ2v) is 0. The van der Waals surface area contributed by atoms with E-state index in [1.54, 1.807) is 0 Å². The molecule has 0 saturated heterocycles. The standard InChI is InChI=1S/2Cu.2Mn.5O.2V/q;;;;5*-2;;. The molecule has 11 heteroatoms. The van der Waals surface area contributed by atoms with E-state index in [1.165, 1.54) is 0 Å². The summed E-state index contributed by atoms with van der Waals surface area (Å²) in [6.45, 7) is 0. The summed E-state index contributed by atoms with van der Waals surface area (Å²) in [6.07, 6.45) is 0. The molecule has 0 heterocycles. The summed E-state index contributed by atoms with van der Waals surface area (Å²) in [5.41, 5.74) is 0. The smallest absolute Gasteiger partial charge is 0 e. The summed E-state index contributed by atoms with van der Waals surface area (Å²) in [5, 5.41) is 0. The van der Waals surface area contributed by atoms with Gasteiger partial charge < -0.3 is 27.4 Å². The van der Waals surface area contributed by atoms with Crippen molar-refractivity contribution in [3.63, 3.8) is 0 Å². The zero-order valence-electron chi connectivity index (χ0n) is 4.29. The zero-order valence-corrected chi connectivity index (χ0v) is 11.3. The molecular formula is Cu2Mn2O5V2-10. The molecule has 86 valence electrons. The molecule has 0 unspecified atom stereocenters. The van der Waals surface area contributed by atoms with E-state index in [1.807, 2.05) is 0 Å². The van der Waals surface area contributed by atoms with E-state index in [9.17, 15) is 0 Å². The van der Waals surface area contributed by atoms with Gasteiger partial charge in [-0.05, 0) is 0 Å². The maximum atomic E-state index is 0. The Hall–Kier alpha value is 3.05. The molecule has 5 nitrogen and oxygen atoms in total. The maximum Gasteiger partial charge on any atom is 0 e. The van der Waals surface area contributed by atoms with Gasteiger partial charge in [-0.2, -0.15) is 0 Å². The molecule has 0 saturated carbocycles. The summed E-state index contributed by atoms with van der Waals surface area (Å²) in [6, 6.07) is 0. The van der Waals surface area contributed by atoms with Gasteiger partial charge in [-0.1, -0.05) is 0 Å². The van der Waals surface area contributed by atoms with Gasteiger partial charge in [0, 0.05) is 105 Å². The van der Waals surface area contributed by atoms with Crippen LogP contribution in [0.5, 0.6) is 0 Å². The molecule has 0 bridgehead atoms. The van der Waals surface area contributed by atoms with E-state index in [0.717, 1.165) is 0 Å². The first-order chi connectivity index (χ1) is 0. The Labute approximate surface area is 131 Å². The fourth-order valence-electron chi connectivity index (χ4n) is 0. The third-order valence-corrected chi connectivity index (χ3v) is 0. The number of hydrogen-bond acceptors (Lipinski definition) is 0. The molecule has 0 spiro atoms. The third kappa shape index (κ3) is 172. The van der Waals surface area contributed by atoms with Gasteiger partial charge >= 0.3 is 0 Å². The second-order valence-electron chi connectivity index (χ2n) is 0. The van der Waals surface area contributed by atoms with Gasteiger partial charge in [0.2, 0.25) is 0 Å². The van der Waals surface area contributed by atoms with Crippen LogP contribution < -0.4 is 0 Å². The summed E-state index contributed by atoms with van der Waals surface area (Å²) < 4.78 is 0. The SMILES string of the molecule is [Cu].[Cu].[Mn].[Mn].[O-2].[O-2].[O-2].[O-2].[O-2].[V].[V]. The Bertz CT molecular complexity index is 20.4. The monoisotopic (exact) mass is 418 g/mol. The van der Waals surface area contributed by atoms with Crippen molar-refractivity contribution in [2.75, 3.05) is 0 Å². The van der Waals surface area contributed by atoms with Gasteiger partial charge in [0.25, 0.3) is 0 Å². The number of hydrogen-bond donors (Lipinski definition) is 0. The molecule has 0 aliphatic rings. The van der Waals surface area contributed by atoms with Crippen molar-refractivity contribution in [2.45, 2.75) is 0 Å². The van der Waals surface area contributed by atoms with Crippen molar-refractivity contribution in [2.24, 2.45) is 0 Å². The van der Waals surface area contributed by atoms with Gasteiger partial charge in [-0.25, -0.2) is 0 Å². The molecule has 0 fully saturated rings. The predicted octanol–water partition coefficient (Wildman–Crippen LogP) is -0.609. The maximum absolute atomic E-state index is 0. The first-order valence-corrected chi connectivity index (χ1v) is 0. The van der Waals surface area contributed by atoms with Crippen molar-refractivity contribution in [3.8, 4) is 0 Å². The van der Waals surface area contributed by atoms with Crippen LogP contribution in [0, 0.1) is 0 Å². The van der Waals surface area contributed by atoms with Crippen molar-refractivity contribution in [1.29, 1.82) is 0 Å². The molecule has 0 aromatic rings. The Morgan fingerprint density at radius 3 is 0.364 bits per heavy atom. The third-order valence-electron chi connectivity index (χ3n) is 0. The molecule has 0 aliphatic carbocycles. The van der Waals surface area contributed by atoms with Crippen LogP contribution in [-0.4, -0.2) is 0 Å². The Morgan fingerprint density at radius 2 is 0.364 bits per heavy atom. The van der Waals surface area contributed by atoms with Crippen molar-refractivity contribution in [3.05, 3.63) is 0 Å². The summed E-state index contributed by atoms with van der Waals surface area (Å²) in [5.74, 6) is 0. The number of rotatable bonds is 0. The van der Waals surface area contributed by atoms with Crippen molar-refractivity contribution in [1.82, 2.24) is 0 Å². The van der Waals surface area contributed by atoms with Crippen LogP contribution in [0.2, 0.25) is 0 Å². The van der Waals surface area contributed by atoms with Crippen molar-refractivity contribution < 1.29 is 133 Å². The Kier molecular flexibility index (Phi) is 4780. The zero-order chi connectivity index (χ0) is 0. The van der Waals surface area contributed by atoms with Gasteiger partial charge in [0.05, 0.1) is 0 Å². The quantitative estimate of drug-likeness (QED) is 0.462. The first kappa shape index (κ1) is 258. The average molecular weight is 419 g/mol. The van der Waals surface area contributed by atoms with E-state index in [4.69, 9.17) is 0 Å². The summed E-state index contributed by atoms with van der Waals surface area (Å²) in [7, 11) is 0. The van der Waals surface area contributed by atoms with Crippen LogP contribution in [0.4, 0.5) is 0 Å². The molecule has 11 heavy (non-hydrogen) atoms. The fraction of sp³-hybridized carbons (Fsp3) is 0. The normalized spacial score (nSPS) is 0. The Morgan fingerprint density at radius 1 is 0.364 bits per heavy atom. The van der Waals surface area contributed by atoms with E-state index < -0.39 is 0 Å². The van der Waals surface area contributed by atoms with Gasteiger partial charge in [0.1, 0.15) is 0 Å². The first-order valence-electron chi connectivity index (χ1n) is 0. The molecule has 0 N–H and O–H groups in total. The molecule has 0 rings (SSSR count). The van der Waals surface area contributed by atoms with Crippen molar-refractivity contribution >= 4 is 0 Å². The minimum absolute atomic E-state index is 0. The van der Waals surface area contributed by atoms with E-state index >= 15 is 0 Å². The molecule has 0 aliphatic heterocycles. The molecule has 0 atom stereocenters. The minimum Gasteiger partial charge on any atom is -2.00 e. The van der Waals surface area contributed by atoms with Gasteiger partial charge in [-0.3, -0.25) is 0 Å². The van der Waals surface area contributed by atoms with E-state index in [2.05, 4.69) is 0 Å². The topological polar surface area (TPSA) is 142 Å². The Balaban J connectivity index is 0. The minimum atomic E-state index is 0. The van der Waals surface area contributed by atoms with Crippen LogP contribution in [0.15, 0.2) is 0 Å². The summed E-state index contributed by atoms with van der Waals surface area (Å²) in [4.78, 5) is 0.